The lowest BCUT2D eigenvalue weighted by Gasteiger charge is -2.37. The number of nitrogens with two attached hydrogens (primary N) is 2. The molecule has 0 spiro atoms. The molecule has 4 N–H and O–H groups in total. The minimum atomic E-state index is -7.56. The molecule has 0 saturated heterocycles. The second-order valence-corrected chi connectivity index (χ2v) is 13.7. The second-order valence-electron chi connectivity index (χ2n) is 10.2. The van der Waals surface area contributed by atoms with Gasteiger partial charge in [0.15, 0.2) is 8.40 Å². The normalized spacial score (nSPS) is 16.0. The molecule has 0 heterocycles. The Morgan fingerprint density at radius 3 is 0.778 bits per heavy atom. The molecule has 272 valence electrons. The Morgan fingerprint density at radius 1 is 0.311 bits per heavy atom. The summed E-state index contributed by atoms with van der Waals surface area (Å²) in [4.78, 5) is 0. The van der Waals surface area contributed by atoms with Gasteiger partial charge < -0.3 is 10.8 Å². The van der Waals surface area contributed by atoms with Crippen molar-refractivity contribution in [2.45, 2.75) is 123 Å². The highest BCUT2D eigenvalue weighted by Crippen LogP contribution is 2.59. The molecule has 0 unspecified atom stereocenters. The molecular formula is C20H24F22N2Si. The van der Waals surface area contributed by atoms with E-state index in [1.165, 1.54) is 0 Å². The van der Waals surface area contributed by atoms with Gasteiger partial charge in [-0.25, -0.2) is 0 Å². The molecule has 45 heavy (non-hydrogen) atoms. The van der Waals surface area contributed by atoms with E-state index in [4.69, 9.17) is 10.8 Å². The molecule has 0 radical (unpaired) electrons. The lowest BCUT2D eigenvalue weighted by atomic mass is 9.94. The summed E-state index contributed by atoms with van der Waals surface area (Å²) in [6.07, 6.45) is -23.6. The first-order valence-electron chi connectivity index (χ1n) is 12.1. The van der Waals surface area contributed by atoms with Gasteiger partial charge in [-0.3, -0.25) is 0 Å². The molecule has 0 rings (SSSR count). The zero-order chi connectivity index (χ0) is 36.6. The average molecular weight is 738 g/mol. The van der Waals surface area contributed by atoms with Gasteiger partial charge in [0.1, 0.15) is 0 Å². The van der Waals surface area contributed by atoms with Crippen molar-refractivity contribution in [2.75, 3.05) is 0 Å². The molecule has 2 nitrogen and oxygen atoms in total. The van der Waals surface area contributed by atoms with Crippen LogP contribution in [-0.2, 0) is 0 Å². The first-order valence-corrected chi connectivity index (χ1v) is 14.7. The largest absolute Gasteiger partial charge is 0.460 e. The summed E-state index contributed by atoms with van der Waals surface area (Å²) in [7, 11) is -3.48. The maximum Gasteiger partial charge on any atom is 0.460 e. The van der Waals surface area contributed by atoms with Gasteiger partial charge in [0.2, 0.25) is 0 Å². The molecule has 0 aliphatic rings. The van der Waals surface area contributed by atoms with Crippen LogP contribution in [-0.4, -0.2) is 68.1 Å². The highest BCUT2D eigenvalue weighted by Gasteiger charge is 2.88. The fourth-order valence-corrected chi connectivity index (χ4v) is 5.67. The third-order valence-electron chi connectivity index (χ3n) is 6.47. The van der Waals surface area contributed by atoms with E-state index in [-0.39, 0.29) is 24.9 Å². The lowest BCUT2D eigenvalue weighted by molar-refractivity contribution is -0.422. The van der Waals surface area contributed by atoms with Crippen LogP contribution in [0.2, 0.25) is 12.1 Å². The van der Waals surface area contributed by atoms with E-state index in [1.807, 2.05) is 0 Å². The minimum absolute atomic E-state index is 0.343. The predicted octanol–water partition coefficient (Wildman–Crippen LogP) is 9.67. The first kappa shape index (κ1) is 43.6. The number of hydrogen-bond donors (Lipinski definition) is 2. The van der Waals surface area contributed by atoms with Gasteiger partial charge in [0, 0.05) is 12.8 Å². The molecule has 0 amide bonds. The van der Waals surface area contributed by atoms with E-state index in [2.05, 4.69) is 0 Å². The van der Waals surface area contributed by atoms with Gasteiger partial charge in [-0.15, -0.1) is 0 Å². The Balaban J connectivity index is 4.95. The Morgan fingerprint density at radius 2 is 0.556 bits per heavy atom. The van der Waals surface area contributed by atoms with Crippen LogP contribution in [0, 0.1) is 0 Å². The quantitative estimate of drug-likeness (QED) is 0.0837. The number of halogens is 22. The van der Waals surface area contributed by atoms with Crippen LogP contribution in [0.5, 0.6) is 0 Å². The Kier molecular flexibility index (Phi) is 12.8. The summed E-state index contributed by atoms with van der Waals surface area (Å²) < 4.78 is 285. The zero-order valence-electron chi connectivity index (χ0n) is 22.0. The van der Waals surface area contributed by atoms with E-state index in [0.717, 1.165) is 0 Å². The van der Waals surface area contributed by atoms with E-state index < -0.39 is 107 Å². The van der Waals surface area contributed by atoms with Crippen molar-refractivity contribution in [1.29, 1.82) is 0 Å². The number of unbranched alkanes of at least 4 members (excludes halogenated alkanes) is 4. The molecule has 0 atom stereocenters. The molecule has 0 aliphatic heterocycles. The maximum atomic E-state index is 13.6. The first-order chi connectivity index (χ1) is 19.4. The van der Waals surface area contributed by atoms with Crippen molar-refractivity contribution in [1.82, 2.24) is 0 Å². The van der Waals surface area contributed by atoms with Crippen molar-refractivity contribution in [3.63, 3.8) is 0 Å². The van der Waals surface area contributed by atoms with Crippen LogP contribution in [0.3, 0.4) is 0 Å². The van der Waals surface area contributed by atoms with Crippen molar-refractivity contribution in [2.24, 2.45) is 10.8 Å². The fourth-order valence-electron chi connectivity index (χ4n) is 3.60. The summed E-state index contributed by atoms with van der Waals surface area (Å²) in [5, 5.41) is 11.4. The van der Waals surface area contributed by atoms with E-state index in [1.54, 1.807) is 0 Å². The SMILES string of the molecule is N[Si](N)(CCCCCC(F)(F)C(F)(F)C(F)(F)C(F)(F)C(F)(F)F)CCCCCC(F)(F)C(F)(F)C(F)(F)C(F)(F)C(F)(F)F. The highest BCUT2D eigenvalue weighted by atomic mass is 28.3. The standard InChI is InChI=1S/C20H24F22N2Si/c21-11(22,13(25,26)15(29,30)17(33,34)19(37,38)39)7-3-1-5-9-45(43,44)10-6-2-4-8-12(23,24)14(27,28)16(31,32)18(35,36)20(40,41)42/h1-10,43-44H2. The lowest BCUT2D eigenvalue weighted by Crippen LogP contribution is -2.66. The predicted molar refractivity (Wildman–Crippen MR) is 112 cm³/mol. The van der Waals surface area contributed by atoms with Crippen LogP contribution in [0.1, 0.15) is 51.4 Å². The molecule has 0 aromatic carbocycles. The third kappa shape index (κ3) is 8.55. The summed E-state index contributed by atoms with van der Waals surface area (Å²) in [5.74, 6) is -56.7. The van der Waals surface area contributed by atoms with Crippen LogP contribution < -0.4 is 10.8 Å². The van der Waals surface area contributed by atoms with E-state index in [0.29, 0.717) is 0 Å². The Labute approximate surface area is 240 Å². The smallest absolute Gasteiger partial charge is 0.339 e. The monoisotopic (exact) mass is 738 g/mol. The molecule has 0 aromatic rings. The summed E-state index contributed by atoms with van der Waals surface area (Å²) in [6.45, 7) is 0. The highest BCUT2D eigenvalue weighted by molar-refractivity contribution is 6.73. The van der Waals surface area contributed by atoms with Crippen molar-refractivity contribution in [3.05, 3.63) is 0 Å². The molecule has 0 aromatic heterocycles. The Hall–Kier alpha value is -1.40. The molecular weight excluding hydrogens is 714 g/mol. The third-order valence-corrected chi connectivity index (χ3v) is 9.04. The zero-order valence-corrected chi connectivity index (χ0v) is 23.0. The van der Waals surface area contributed by atoms with Crippen molar-refractivity contribution < 1.29 is 96.6 Å². The number of hydrogen-bond acceptors (Lipinski definition) is 2. The van der Waals surface area contributed by atoms with Crippen LogP contribution >= 0.6 is 0 Å². The van der Waals surface area contributed by atoms with Gasteiger partial charge in [-0.2, -0.15) is 96.6 Å². The molecule has 0 saturated carbocycles. The van der Waals surface area contributed by atoms with Gasteiger partial charge in [-0.1, -0.05) is 25.7 Å². The number of rotatable bonds is 18. The van der Waals surface area contributed by atoms with Crippen LogP contribution in [0.25, 0.3) is 0 Å². The second kappa shape index (κ2) is 13.2. The molecule has 0 aliphatic carbocycles. The fraction of sp³-hybridized carbons (Fsp3) is 1.00. The minimum Gasteiger partial charge on any atom is -0.339 e. The summed E-state index contributed by atoms with van der Waals surface area (Å²) in [6, 6.07) is -0.686. The molecule has 0 bridgehead atoms. The maximum absolute atomic E-state index is 13.6. The molecule has 25 heteroatoms. The molecule has 0 fully saturated rings. The van der Waals surface area contributed by atoms with Crippen LogP contribution in [0.15, 0.2) is 0 Å². The average Bonchev–Trinajstić information content (AvgIpc) is 2.81. The summed E-state index contributed by atoms with van der Waals surface area (Å²) in [5.41, 5.74) is 0. The van der Waals surface area contributed by atoms with Gasteiger partial charge in [-0.05, 0) is 24.9 Å². The van der Waals surface area contributed by atoms with Gasteiger partial charge >= 0.3 is 59.7 Å². The summed E-state index contributed by atoms with van der Waals surface area (Å²) >= 11 is 0. The van der Waals surface area contributed by atoms with Crippen molar-refractivity contribution in [3.8, 4) is 0 Å². The Bertz CT molecular complexity index is 881. The van der Waals surface area contributed by atoms with Gasteiger partial charge in [0.05, 0.1) is 0 Å². The topological polar surface area (TPSA) is 52.0 Å². The van der Waals surface area contributed by atoms with E-state index in [9.17, 15) is 96.6 Å². The van der Waals surface area contributed by atoms with Crippen LogP contribution in [0.4, 0.5) is 96.6 Å². The number of alkyl halides is 22. The van der Waals surface area contributed by atoms with E-state index >= 15 is 0 Å². The van der Waals surface area contributed by atoms with Crippen molar-refractivity contribution >= 4 is 8.40 Å². The van der Waals surface area contributed by atoms with Gasteiger partial charge in [0.25, 0.3) is 0 Å².